The average molecular weight is 230 g/mol. The fourth-order valence-electron chi connectivity index (χ4n) is 1.58. The summed E-state index contributed by atoms with van der Waals surface area (Å²) in [5.74, 6) is -0.796. The number of carboxylic acid groups (broad SMARTS) is 1. The van der Waals surface area contributed by atoms with Crippen molar-refractivity contribution >= 4 is 5.97 Å². The van der Waals surface area contributed by atoms with Crippen molar-refractivity contribution < 1.29 is 9.90 Å². The molecule has 0 radical (unpaired) electrons. The van der Waals surface area contributed by atoms with E-state index in [1.54, 1.807) is 10.9 Å². The number of carboxylic acids is 1. The molecule has 2 aromatic rings. The molecule has 0 aliphatic rings. The number of aryl methyl sites for hydroxylation is 2. The van der Waals surface area contributed by atoms with Crippen molar-refractivity contribution in [1.29, 1.82) is 0 Å². The molecule has 2 rings (SSSR count). The number of nitrogens with zero attached hydrogens (tertiary/aromatic N) is 2. The molecule has 0 aliphatic carbocycles. The highest BCUT2D eigenvalue weighted by Gasteiger charge is 2.03. The van der Waals surface area contributed by atoms with E-state index in [0.29, 0.717) is 6.54 Å². The number of aromatic nitrogens is 2. The first kappa shape index (κ1) is 11.4. The molecule has 0 aliphatic heterocycles. The Morgan fingerprint density at radius 2 is 2.06 bits per heavy atom. The van der Waals surface area contributed by atoms with Crippen molar-refractivity contribution in [3.63, 3.8) is 0 Å². The predicted molar refractivity (Wildman–Crippen MR) is 64.7 cm³/mol. The summed E-state index contributed by atoms with van der Waals surface area (Å²) in [7, 11) is 0. The van der Waals surface area contributed by atoms with Crippen LogP contribution in [-0.2, 0) is 11.3 Å². The van der Waals surface area contributed by atoms with Crippen LogP contribution in [0.15, 0.2) is 36.8 Å². The van der Waals surface area contributed by atoms with Crippen LogP contribution in [0.1, 0.15) is 12.0 Å². The molecule has 0 bridgehead atoms. The maximum absolute atomic E-state index is 10.5. The Morgan fingerprint density at radius 1 is 1.35 bits per heavy atom. The lowest BCUT2D eigenvalue weighted by Crippen LogP contribution is -2.02. The second-order valence-electron chi connectivity index (χ2n) is 4.01. The third-order valence-electron chi connectivity index (χ3n) is 2.56. The van der Waals surface area contributed by atoms with Gasteiger partial charge in [0.25, 0.3) is 0 Å². The second kappa shape index (κ2) is 4.82. The van der Waals surface area contributed by atoms with E-state index in [4.69, 9.17) is 5.11 Å². The minimum atomic E-state index is -0.796. The van der Waals surface area contributed by atoms with E-state index in [2.05, 4.69) is 4.98 Å². The minimum Gasteiger partial charge on any atom is -0.481 e. The average Bonchev–Trinajstić information content (AvgIpc) is 2.76. The summed E-state index contributed by atoms with van der Waals surface area (Å²) in [6.45, 7) is 2.49. The van der Waals surface area contributed by atoms with Gasteiger partial charge in [0, 0.05) is 18.3 Å². The third-order valence-corrected chi connectivity index (χ3v) is 2.56. The van der Waals surface area contributed by atoms with Crippen LogP contribution >= 0.6 is 0 Å². The van der Waals surface area contributed by atoms with Crippen LogP contribution in [0.25, 0.3) is 11.3 Å². The Kier molecular flexibility index (Phi) is 3.23. The molecule has 0 spiro atoms. The van der Waals surface area contributed by atoms with Crippen molar-refractivity contribution in [1.82, 2.24) is 9.55 Å². The van der Waals surface area contributed by atoms with Crippen LogP contribution in [0, 0.1) is 6.92 Å². The molecular weight excluding hydrogens is 216 g/mol. The molecule has 1 N–H and O–H groups in total. The predicted octanol–water partition coefficient (Wildman–Crippen LogP) is 2.33. The molecule has 17 heavy (non-hydrogen) atoms. The van der Waals surface area contributed by atoms with Gasteiger partial charge in [0.05, 0.1) is 18.4 Å². The fraction of sp³-hybridized carbons (Fsp3) is 0.231. The number of rotatable bonds is 4. The smallest absolute Gasteiger partial charge is 0.305 e. The number of hydrogen-bond donors (Lipinski definition) is 1. The van der Waals surface area contributed by atoms with Gasteiger partial charge < -0.3 is 9.67 Å². The molecule has 4 nitrogen and oxygen atoms in total. The standard InChI is InChI=1S/C13H14N2O2/c1-10-2-4-11(5-3-10)12-8-15(9-14-12)7-6-13(16)17/h2-5,8-9H,6-7H2,1H3,(H,16,17). The zero-order chi connectivity index (χ0) is 12.3. The summed E-state index contributed by atoms with van der Waals surface area (Å²) in [6, 6.07) is 8.09. The molecule has 0 saturated carbocycles. The number of carbonyl (C=O) groups is 1. The van der Waals surface area contributed by atoms with Crippen LogP contribution in [0.5, 0.6) is 0 Å². The van der Waals surface area contributed by atoms with Crippen molar-refractivity contribution in [2.45, 2.75) is 19.9 Å². The Labute approximate surface area is 99.5 Å². The lowest BCUT2D eigenvalue weighted by molar-refractivity contribution is -0.137. The van der Waals surface area contributed by atoms with E-state index in [0.717, 1.165) is 11.3 Å². The first-order valence-corrected chi connectivity index (χ1v) is 5.46. The van der Waals surface area contributed by atoms with Gasteiger partial charge in [-0.15, -0.1) is 0 Å². The molecule has 0 atom stereocenters. The number of imidazole rings is 1. The maximum Gasteiger partial charge on any atom is 0.305 e. The first-order valence-electron chi connectivity index (χ1n) is 5.46. The Morgan fingerprint density at radius 3 is 2.71 bits per heavy atom. The Bertz CT molecular complexity index is 514. The van der Waals surface area contributed by atoms with E-state index >= 15 is 0 Å². The van der Waals surface area contributed by atoms with Gasteiger partial charge in [-0.05, 0) is 6.92 Å². The van der Waals surface area contributed by atoms with Crippen LogP contribution in [-0.4, -0.2) is 20.6 Å². The summed E-state index contributed by atoms with van der Waals surface area (Å²) < 4.78 is 1.79. The van der Waals surface area contributed by atoms with Crippen molar-refractivity contribution in [3.05, 3.63) is 42.4 Å². The molecule has 0 unspecified atom stereocenters. The Hall–Kier alpha value is -2.10. The van der Waals surface area contributed by atoms with Gasteiger partial charge in [0.1, 0.15) is 0 Å². The zero-order valence-electron chi connectivity index (χ0n) is 9.63. The van der Waals surface area contributed by atoms with E-state index < -0.39 is 5.97 Å². The van der Waals surface area contributed by atoms with E-state index in [1.165, 1.54) is 5.56 Å². The topological polar surface area (TPSA) is 55.1 Å². The number of benzene rings is 1. The maximum atomic E-state index is 10.5. The lowest BCUT2D eigenvalue weighted by Gasteiger charge is -1.98. The van der Waals surface area contributed by atoms with Gasteiger partial charge >= 0.3 is 5.97 Å². The summed E-state index contributed by atoms with van der Waals surface area (Å²) in [4.78, 5) is 14.7. The largest absolute Gasteiger partial charge is 0.481 e. The number of hydrogen-bond acceptors (Lipinski definition) is 2. The SMILES string of the molecule is Cc1ccc(-c2cn(CCC(=O)O)cn2)cc1. The quantitative estimate of drug-likeness (QED) is 0.877. The fourth-order valence-corrected chi connectivity index (χ4v) is 1.58. The normalized spacial score (nSPS) is 10.4. The summed E-state index contributed by atoms with van der Waals surface area (Å²) in [5.41, 5.74) is 3.12. The van der Waals surface area contributed by atoms with Gasteiger partial charge in [-0.3, -0.25) is 4.79 Å². The Balaban J connectivity index is 2.12. The second-order valence-corrected chi connectivity index (χ2v) is 4.01. The van der Waals surface area contributed by atoms with Gasteiger partial charge in [-0.2, -0.15) is 0 Å². The molecule has 0 fully saturated rings. The molecule has 0 amide bonds. The molecule has 1 heterocycles. The summed E-state index contributed by atoms with van der Waals surface area (Å²) >= 11 is 0. The minimum absolute atomic E-state index is 0.115. The van der Waals surface area contributed by atoms with Gasteiger partial charge in [0.2, 0.25) is 0 Å². The van der Waals surface area contributed by atoms with Crippen LogP contribution in [0.4, 0.5) is 0 Å². The van der Waals surface area contributed by atoms with Crippen molar-refractivity contribution in [3.8, 4) is 11.3 Å². The van der Waals surface area contributed by atoms with E-state index in [1.807, 2.05) is 37.4 Å². The van der Waals surface area contributed by atoms with Crippen LogP contribution < -0.4 is 0 Å². The van der Waals surface area contributed by atoms with Crippen LogP contribution in [0.2, 0.25) is 0 Å². The third kappa shape index (κ3) is 2.93. The molecule has 1 aromatic carbocycles. The van der Waals surface area contributed by atoms with Gasteiger partial charge in [-0.25, -0.2) is 4.98 Å². The van der Waals surface area contributed by atoms with E-state index in [9.17, 15) is 4.79 Å². The summed E-state index contributed by atoms with van der Waals surface area (Å²) in [5, 5.41) is 8.60. The molecule has 0 saturated heterocycles. The number of aliphatic carboxylic acids is 1. The first-order chi connectivity index (χ1) is 8.15. The highest BCUT2D eigenvalue weighted by Crippen LogP contribution is 2.17. The van der Waals surface area contributed by atoms with Crippen LogP contribution in [0.3, 0.4) is 0 Å². The lowest BCUT2D eigenvalue weighted by atomic mass is 10.1. The van der Waals surface area contributed by atoms with Gasteiger partial charge in [0.15, 0.2) is 0 Å². The van der Waals surface area contributed by atoms with Crippen molar-refractivity contribution in [2.24, 2.45) is 0 Å². The highest BCUT2D eigenvalue weighted by atomic mass is 16.4. The molecule has 88 valence electrons. The summed E-state index contributed by atoms with van der Waals surface area (Å²) in [6.07, 6.45) is 3.65. The highest BCUT2D eigenvalue weighted by molar-refractivity contribution is 5.66. The monoisotopic (exact) mass is 230 g/mol. The molecular formula is C13H14N2O2. The van der Waals surface area contributed by atoms with E-state index in [-0.39, 0.29) is 6.42 Å². The van der Waals surface area contributed by atoms with Crippen molar-refractivity contribution in [2.75, 3.05) is 0 Å². The zero-order valence-corrected chi connectivity index (χ0v) is 9.63. The van der Waals surface area contributed by atoms with Gasteiger partial charge in [-0.1, -0.05) is 29.8 Å². The molecule has 4 heteroatoms. The molecule has 1 aromatic heterocycles.